The third kappa shape index (κ3) is 5.45. The van der Waals surface area contributed by atoms with Gasteiger partial charge in [-0.3, -0.25) is 9.59 Å². The molecule has 0 aliphatic heterocycles. The molecule has 0 bridgehead atoms. The average molecular weight is 388 g/mol. The van der Waals surface area contributed by atoms with Crippen molar-refractivity contribution in [1.82, 2.24) is 0 Å². The van der Waals surface area contributed by atoms with E-state index in [1.807, 2.05) is 38.1 Å². The molecule has 3 aromatic rings. The van der Waals surface area contributed by atoms with Crippen molar-refractivity contribution in [3.05, 3.63) is 89.5 Å². The van der Waals surface area contributed by atoms with Crippen LogP contribution in [0.15, 0.2) is 72.8 Å². The molecule has 3 aromatic carbocycles. The normalized spacial score (nSPS) is 10.3. The van der Waals surface area contributed by atoms with E-state index >= 15 is 0 Å². The Kier molecular flexibility index (Phi) is 6.63. The molecule has 0 saturated heterocycles. The minimum absolute atomic E-state index is 0.166. The molecule has 0 unspecified atom stereocenters. The van der Waals surface area contributed by atoms with Crippen LogP contribution >= 0.6 is 0 Å². The van der Waals surface area contributed by atoms with Crippen molar-refractivity contribution in [2.75, 3.05) is 17.2 Å². The topological polar surface area (TPSA) is 67.4 Å². The number of benzene rings is 3. The molecule has 2 amide bonds. The summed E-state index contributed by atoms with van der Waals surface area (Å²) in [7, 11) is 0. The van der Waals surface area contributed by atoms with Crippen LogP contribution in [0.25, 0.3) is 0 Å². The molecule has 3 rings (SSSR count). The van der Waals surface area contributed by atoms with Gasteiger partial charge in [-0.05, 0) is 61.4 Å². The molecule has 5 heteroatoms. The number of aryl methyl sites for hydroxylation is 1. The minimum Gasteiger partial charge on any atom is -0.494 e. The summed E-state index contributed by atoms with van der Waals surface area (Å²) in [6.07, 6.45) is 0.252. The summed E-state index contributed by atoms with van der Waals surface area (Å²) in [4.78, 5) is 25.3. The lowest BCUT2D eigenvalue weighted by Gasteiger charge is -2.12. The second-order valence-corrected chi connectivity index (χ2v) is 6.61. The number of nitrogens with one attached hydrogen (secondary N) is 2. The van der Waals surface area contributed by atoms with Crippen LogP contribution < -0.4 is 15.4 Å². The minimum atomic E-state index is -0.291. The van der Waals surface area contributed by atoms with Gasteiger partial charge in [-0.2, -0.15) is 0 Å². The molecule has 0 saturated carbocycles. The molecule has 0 aliphatic carbocycles. The Labute approximate surface area is 170 Å². The Morgan fingerprint density at radius 1 is 0.862 bits per heavy atom. The SMILES string of the molecule is CCOc1ccc(NC(=O)c2ccccc2NC(=O)Cc2ccccc2C)cc1. The molecule has 0 fully saturated rings. The Morgan fingerprint density at radius 2 is 1.55 bits per heavy atom. The highest BCUT2D eigenvalue weighted by Crippen LogP contribution is 2.20. The number of ether oxygens (including phenoxy) is 1. The fourth-order valence-electron chi connectivity index (χ4n) is 2.97. The van der Waals surface area contributed by atoms with Gasteiger partial charge in [0.25, 0.3) is 5.91 Å². The van der Waals surface area contributed by atoms with Crippen LogP contribution in [0.3, 0.4) is 0 Å². The van der Waals surface area contributed by atoms with Crippen molar-refractivity contribution in [2.45, 2.75) is 20.3 Å². The molecule has 0 radical (unpaired) electrons. The van der Waals surface area contributed by atoms with Gasteiger partial charge >= 0.3 is 0 Å². The van der Waals surface area contributed by atoms with E-state index in [2.05, 4.69) is 10.6 Å². The third-order valence-corrected chi connectivity index (χ3v) is 4.48. The predicted molar refractivity (Wildman–Crippen MR) is 116 cm³/mol. The molecule has 5 nitrogen and oxygen atoms in total. The maximum atomic E-state index is 12.7. The summed E-state index contributed by atoms with van der Waals surface area (Å²) in [5.74, 6) is 0.288. The first-order valence-electron chi connectivity index (χ1n) is 9.54. The largest absolute Gasteiger partial charge is 0.494 e. The zero-order chi connectivity index (χ0) is 20.6. The smallest absolute Gasteiger partial charge is 0.257 e. The lowest BCUT2D eigenvalue weighted by atomic mass is 10.1. The number of carbonyl (C=O) groups excluding carboxylic acids is 2. The van der Waals surface area contributed by atoms with Crippen molar-refractivity contribution in [1.29, 1.82) is 0 Å². The summed E-state index contributed by atoms with van der Waals surface area (Å²) in [5.41, 5.74) is 3.55. The highest BCUT2D eigenvalue weighted by Gasteiger charge is 2.14. The molecule has 0 aliphatic rings. The van der Waals surface area contributed by atoms with Gasteiger partial charge in [-0.15, -0.1) is 0 Å². The first kappa shape index (κ1) is 20.1. The Hall–Kier alpha value is -3.60. The summed E-state index contributed by atoms with van der Waals surface area (Å²) in [6, 6.07) is 21.9. The second-order valence-electron chi connectivity index (χ2n) is 6.61. The maximum Gasteiger partial charge on any atom is 0.257 e. The van der Waals surface area contributed by atoms with E-state index in [4.69, 9.17) is 4.74 Å². The van der Waals surface area contributed by atoms with E-state index in [9.17, 15) is 9.59 Å². The van der Waals surface area contributed by atoms with Gasteiger partial charge in [0.15, 0.2) is 0 Å². The molecule has 29 heavy (non-hydrogen) atoms. The molecule has 0 atom stereocenters. The molecular weight excluding hydrogens is 364 g/mol. The zero-order valence-corrected chi connectivity index (χ0v) is 16.6. The first-order valence-corrected chi connectivity index (χ1v) is 9.54. The quantitative estimate of drug-likeness (QED) is 0.609. The fraction of sp³-hybridized carbons (Fsp3) is 0.167. The van der Waals surface area contributed by atoms with E-state index in [1.165, 1.54) is 0 Å². The molecular formula is C24H24N2O3. The Balaban J connectivity index is 1.70. The summed E-state index contributed by atoms with van der Waals surface area (Å²) in [6.45, 7) is 4.47. The van der Waals surface area contributed by atoms with Gasteiger partial charge in [0, 0.05) is 5.69 Å². The van der Waals surface area contributed by atoms with Crippen LogP contribution in [0.5, 0.6) is 5.75 Å². The highest BCUT2D eigenvalue weighted by atomic mass is 16.5. The number of para-hydroxylation sites is 1. The summed E-state index contributed by atoms with van der Waals surface area (Å²) < 4.78 is 5.41. The predicted octanol–water partition coefficient (Wildman–Crippen LogP) is 4.83. The summed E-state index contributed by atoms with van der Waals surface area (Å²) >= 11 is 0. The first-order chi connectivity index (χ1) is 14.1. The van der Waals surface area contributed by atoms with Crippen LogP contribution in [0.1, 0.15) is 28.4 Å². The van der Waals surface area contributed by atoms with Crippen molar-refractivity contribution in [2.24, 2.45) is 0 Å². The van der Waals surface area contributed by atoms with Crippen LogP contribution in [0, 0.1) is 6.92 Å². The van der Waals surface area contributed by atoms with Gasteiger partial charge in [0.1, 0.15) is 5.75 Å². The number of hydrogen-bond donors (Lipinski definition) is 2. The van der Waals surface area contributed by atoms with Gasteiger partial charge < -0.3 is 15.4 Å². The molecule has 0 aromatic heterocycles. The van der Waals surface area contributed by atoms with E-state index in [0.717, 1.165) is 16.9 Å². The van der Waals surface area contributed by atoms with Crippen LogP contribution in [0.4, 0.5) is 11.4 Å². The van der Waals surface area contributed by atoms with E-state index < -0.39 is 0 Å². The van der Waals surface area contributed by atoms with Crippen LogP contribution in [0.2, 0.25) is 0 Å². The molecule has 148 valence electrons. The van der Waals surface area contributed by atoms with Gasteiger partial charge in [0.2, 0.25) is 5.91 Å². The summed E-state index contributed by atoms with van der Waals surface area (Å²) in [5, 5.41) is 5.71. The standard InChI is InChI=1S/C24H24N2O3/c1-3-29-20-14-12-19(13-15-20)25-24(28)21-10-6-7-11-22(21)26-23(27)16-18-9-5-4-8-17(18)2/h4-15H,3,16H2,1-2H3,(H,25,28)(H,26,27). The van der Waals surface area contributed by atoms with Crippen LogP contribution in [-0.4, -0.2) is 18.4 Å². The molecule has 0 heterocycles. The van der Waals surface area contributed by atoms with Gasteiger partial charge in [0.05, 0.1) is 24.3 Å². The van der Waals surface area contributed by atoms with Gasteiger partial charge in [-0.1, -0.05) is 36.4 Å². The molecule has 0 spiro atoms. The Bertz CT molecular complexity index is 997. The van der Waals surface area contributed by atoms with E-state index in [-0.39, 0.29) is 18.2 Å². The number of hydrogen-bond acceptors (Lipinski definition) is 3. The average Bonchev–Trinajstić information content (AvgIpc) is 2.72. The third-order valence-electron chi connectivity index (χ3n) is 4.48. The van der Waals surface area contributed by atoms with E-state index in [0.29, 0.717) is 23.5 Å². The number of amides is 2. The van der Waals surface area contributed by atoms with E-state index in [1.54, 1.807) is 48.5 Å². The van der Waals surface area contributed by atoms with Crippen LogP contribution in [-0.2, 0) is 11.2 Å². The lowest BCUT2D eigenvalue weighted by molar-refractivity contribution is -0.115. The fourth-order valence-corrected chi connectivity index (χ4v) is 2.97. The van der Waals surface area contributed by atoms with Crippen molar-refractivity contribution in [3.8, 4) is 5.75 Å². The van der Waals surface area contributed by atoms with Crippen molar-refractivity contribution < 1.29 is 14.3 Å². The lowest BCUT2D eigenvalue weighted by Crippen LogP contribution is -2.19. The maximum absolute atomic E-state index is 12.7. The zero-order valence-electron chi connectivity index (χ0n) is 16.6. The number of carbonyl (C=O) groups is 2. The monoisotopic (exact) mass is 388 g/mol. The number of rotatable bonds is 7. The number of anilines is 2. The Morgan fingerprint density at radius 3 is 2.28 bits per heavy atom. The highest BCUT2D eigenvalue weighted by molar-refractivity contribution is 6.10. The second kappa shape index (κ2) is 9.55. The van der Waals surface area contributed by atoms with Crippen molar-refractivity contribution in [3.63, 3.8) is 0 Å². The van der Waals surface area contributed by atoms with Crippen molar-refractivity contribution >= 4 is 23.2 Å². The van der Waals surface area contributed by atoms with Gasteiger partial charge in [-0.25, -0.2) is 0 Å². The molecule has 2 N–H and O–H groups in total.